The van der Waals surface area contributed by atoms with E-state index < -0.39 is 0 Å². The molecule has 142 valence electrons. The van der Waals surface area contributed by atoms with Crippen molar-refractivity contribution in [2.45, 2.75) is 31.2 Å². The van der Waals surface area contributed by atoms with Crippen LogP contribution in [0.4, 0.5) is 0 Å². The fourth-order valence-corrected chi connectivity index (χ4v) is 3.77. The molecule has 0 bridgehead atoms. The van der Waals surface area contributed by atoms with Crippen molar-refractivity contribution in [2.75, 3.05) is 26.8 Å². The monoisotopic (exact) mass is 368 g/mol. The maximum atomic E-state index is 12.7. The van der Waals surface area contributed by atoms with Crippen molar-refractivity contribution in [2.24, 2.45) is 0 Å². The first kappa shape index (κ1) is 17.9. The Balaban J connectivity index is 1.32. The van der Waals surface area contributed by atoms with Gasteiger partial charge < -0.3 is 19.1 Å². The molecule has 0 radical (unpaired) electrons. The fourth-order valence-electron chi connectivity index (χ4n) is 3.77. The van der Waals surface area contributed by atoms with Crippen LogP contribution in [0, 0.1) is 0 Å². The highest BCUT2D eigenvalue weighted by atomic mass is 16.5. The number of pyridine rings is 1. The van der Waals surface area contributed by atoms with Crippen LogP contribution in [0.3, 0.4) is 0 Å². The lowest BCUT2D eigenvalue weighted by Crippen LogP contribution is -2.67. The minimum Gasteiger partial charge on any atom is -0.497 e. The molecular formula is C21H24N2O4. The Morgan fingerprint density at radius 3 is 3.00 bits per heavy atom. The zero-order valence-electron chi connectivity index (χ0n) is 15.5. The Morgan fingerprint density at radius 1 is 1.33 bits per heavy atom. The number of benzene rings is 1. The summed E-state index contributed by atoms with van der Waals surface area (Å²) in [5, 5.41) is 0. The molecule has 6 nitrogen and oxygen atoms in total. The smallest absolute Gasteiger partial charge is 0.254 e. The molecule has 2 aliphatic rings. The molecule has 1 spiro atoms. The van der Waals surface area contributed by atoms with E-state index in [1.54, 1.807) is 19.4 Å². The molecule has 3 heterocycles. The van der Waals surface area contributed by atoms with E-state index in [1.807, 2.05) is 41.4 Å². The second kappa shape index (κ2) is 7.66. The number of rotatable bonds is 5. The summed E-state index contributed by atoms with van der Waals surface area (Å²) < 4.78 is 17.3. The van der Waals surface area contributed by atoms with E-state index in [9.17, 15) is 4.79 Å². The maximum Gasteiger partial charge on any atom is 0.254 e. The summed E-state index contributed by atoms with van der Waals surface area (Å²) in [6, 6.07) is 11.2. The molecule has 0 aliphatic carbocycles. The van der Waals surface area contributed by atoms with E-state index in [0.29, 0.717) is 37.6 Å². The first-order valence-electron chi connectivity index (χ1n) is 9.25. The average molecular weight is 368 g/mol. The molecule has 1 aromatic heterocycles. The van der Waals surface area contributed by atoms with E-state index in [1.165, 1.54) is 0 Å². The number of carbonyl (C=O) groups is 1. The number of methoxy groups -OCH3 is 1. The van der Waals surface area contributed by atoms with Crippen LogP contribution < -0.4 is 4.74 Å². The van der Waals surface area contributed by atoms with Crippen LogP contribution >= 0.6 is 0 Å². The lowest BCUT2D eigenvalue weighted by molar-refractivity contribution is -0.188. The summed E-state index contributed by atoms with van der Waals surface area (Å²) in [5.74, 6) is 0.704. The Bertz CT molecular complexity index is 790. The first-order chi connectivity index (χ1) is 13.2. The number of aromatic nitrogens is 1. The SMILES string of the molecule is COc1cccc(C(=O)N2CC3(CC(OCc4cccnc4)CCO3)C2)c1. The van der Waals surface area contributed by atoms with Crippen molar-refractivity contribution in [3.05, 3.63) is 59.9 Å². The molecule has 2 saturated heterocycles. The summed E-state index contributed by atoms with van der Waals surface area (Å²) in [6.07, 6.45) is 5.43. The normalized spacial score (nSPS) is 20.9. The van der Waals surface area contributed by atoms with E-state index >= 15 is 0 Å². The van der Waals surface area contributed by atoms with Crippen LogP contribution in [0.25, 0.3) is 0 Å². The lowest BCUT2D eigenvalue weighted by atomic mass is 9.84. The van der Waals surface area contributed by atoms with Gasteiger partial charge in [-0.1, -0.05) is 12.1 Å². The van der Waals surface area contributed by atoms with E-state index in [4.69, 9.17) is 14.2 Å². The summed E-state index contributed by atoms with van der Waals surface area (Å²) in [5.41, 5.74) is 1.44. The molecule has 27 heavy (non-hydrogen) atoms. The Kier molecular flexibility index (Phi) is 5.09. The molecule has 4 rings (SSSR count). The van der Waals surface area contributed by atoms with Crippen LogP contribution in [0.1, 0.15) is 28.8 Å². The molecule has 1 atom stereocenters. The maximum absolute atomic E-state index is 12.7. The standard InChI is InChI=1S/C21H24N2O4/c1-25-18-6-2-5-17(10-18)20(24)23-14-21(15-23)11-19(7-9-27-21)26-13-16-4-3-8-22-12-16/h2-6,8,10,12,19H,7,9,11,13-15H2,1H3. The Hall–Kier alpha value is -2.44. The third kappa shape index (κ3) is 3.96. The van der Waals surface area contributed by atoms with Gasteiger partial charge in [0.2, 0.25) is 0 Å². The predicted molar refractivity (Wildman–Crippen MR) is 99.6 cm³/mol. The molecule has 0 saturated carbocycles. The van der Waals surface area contributed by atoms with Gasteiger partial charge in [0.05, 0.1) is 32.9 Å². The Morgan fingerprint density at radius 2 is 2.22 bits per heavy atom. The van der Waals surface area contributed by atoms with Gasteiger partial charge in [0, 0.05) is 31.0 Å². The molecule has 2 fully saturated rings. The van der Waals surface area contributed by atoms with Gasteiger partial charge in [0.25, 0.3) is 5.91 Å². The van der Waals surface area contributed by atoms with E-state index in [-0.39, 0.29) is 17.6 Å². The Labute approximate surface area is 159 Å². The van der Waals surface area contributed by atoms with Crippen LogP contribution in [-0.2, 0) is 16.1 Å². The van der Waals surface area contributed by atoms with Gasteiger partial charge in [-0.05, 0) is 36.2 Å². The van der Waals surface area contributed by atoms with E-state index in [0.717, 1.165) is 18.4 Å². The summed E-state index contributed by atoms with van der Waals surface area (Å²) >= 11 is 0. The van der Waals surface area contributed by atoms with Crippen LogP contribution in [0.2, 0.25) is 0 Å². The molecule has 1 amide bonds. The van der Waals surface area contributed by atoms with Gasteiger partial charge >= 0.3 is 0 Å². The zero-order chi connectivity index (χ0) is 18.7. The third-order valence-corrected chi connectivity index (χ3v) is 5.22. The molecule has 1 unspecified atom stereocenters. The van der Waals surface area contributed by atoms with Crippen molar-refractivity contribution in [1.29, 1.82) is 0 Å². The van der Waals surface area contributed by atoms with Crippen molar-refractivity contribution >= 4 is 5.91 Å². The van der Waals surface area contributed by atoms with Crippen LogP contribution in [0.15, 0.2) is 48.8 Å². The van der Waals surface area contributed by atoms with Crippen LogP contribution in [0.5, 0.6) is 5.75 Å². The average Bonchev–Trinajstić information content (AvgIpc) is 2.71. The number of likely N-dealkylation sites (tertiary alicyclic amines) is 1. The quantitative estimate of drug-likeness (QED) is 0.812. The molecular weight excluding hydrogens is 344 g/mol. The van der Waals surface area contributed by atoms with E-state index in [2.05, 4.69) is 4.98 Å². The van der Waals surface area contributed by atoms with Crippen molar-refractivity contribution in [3.8, 4) is 5.75 Å². The summed E-state index contributed by atoms with van der Waals surface area (Å²) in [4.78, 5) is 18.6. The molecule has 2 aliphatic heterocycles. The van der Waals surface area contributed by atoms with Gasteiger partial charge in [-0.15, -0.1) is 0 Å². The van der Waals surface area contributed by atoms with Crippen molar-refractivity contribution < 1.29 is 19.0 Å². The molecule has 2 aromatic rings. The number of ether oxygens (including phenoxy) is 3. The van der Waals surface area contributed by atoms with Gasteiger partial charge in [-0.2, -0.15) is 0 Å². The second-order valence-electron chi connectivity index (χ2n) is 7.21. The predicted octanol–water partition coefficient (Wildman–Crippen LogP) is 2.68. The number of hydrogen-bond acceptors (Lipinski definition) is 5. The van der Waals surface area contributed by atoms with Crippen LogP contribution in [-0.4, -0.2) is 54.3 Å². The minimum atomic E-state index is -0.271. The fraction of sp³-hybridized carbons (Fsp3) is 0.429. The number of hydrogen-bond donors (Lipinski definition) is 0. The van der Waals surface area contributed by atoms with Crippen molar-refractivity contribution in [1.82, 2.24) is 9.88 Å². The number of amides is 1. The minimum absolute atomic E-state index is 0.0153. The highest BCUT2D eigenvalue weighted by Gasteiger charge is 2.49. The van der Waals surface area contributed by atoms with Gasteiger partial charge in [0.1, 0.15) is 11.4 Å². The lowest BCUT2D eigenvalue weighted by Gasteiger charge is -2.53. The molecule has 1 aromatic carbocycles. The zero-order valence-corrected chi connectivity index (χ0v) is 15.5. The number of carbonyl (C=O) groups excluding carboxylic acids is 1. The third-order valence-electron chi connectivity index (χ3n) is 5.22. The number of nitrogens with zero attached hydrogens (tertiary/aromatic N) is 2. The first-order valence-corrected chi connectivity index (χ1v) is 9.25. The summed E-state index contributed by atoms with van der Waals surface area (Å²) in [6.45, 7) is 2.44. The second-order valence-corrected chi connectivity index (χ2v) is 7.21. The highest BCUT2D eigenvalue weighted by molar-refractivity contribution is 5.95. The highest BCUT2D eigenvalue weighted by Crippen LogP contribution is 2.36. The van der Waals surface area contributed by atoms with Gasteiger partial charge in [-0.3, -0.25) is 9.78 Å². The van der Waals surface area contributed by atoms with Gasteiger partial charge in [0.15, 0.2) is 0 Å². The molecule has 0 N–H and O–H groups in total. The van der Waals surface area contributed by atoms with Crippen molar-refractivity contribution in [3.63, 3.8) is 0 Å². The topological polar surface area (TPSA) is 60.9 Å². The molecule has 6 heteroatoms. The largest absolute Gasteiger partial charge is 0.497 e. The summed E-state index contributed by atoms with van der Waals surface area (Å²) in [7, 11) is 1.60. The van der Waals surface area contributed by atoms with Gasteiger partial charge in [-0.25, -0.2) is 0 Å².